The van der Waals surface area contributed by atoms with Crippen molar-refractivity contribution < 1.29 is 4.79 Å². The molecule has 0 radical (unpaired) electrons. The maximum Gasteiger partial charge on any atom is 0.284 e. The molecule has 0 aliphatic rings. The van der Waals surface area contributed by atoms with Crippen molar-refractivity contribution >= 4 is 22.8 Å². The quantitative estimate of drug-likeness (QED) is 0.591. The molecule has 1 amide bonds. The number of amides is 1. The highest BCUT2D eigenvalue weighted by Crippen LogP contribution is 2.13. The number of rotatable bonds is 4. The average molecular weight is 374 g/mol. The lowest BCUT2D eigenvalue weighted by atomic mass is 10.2. The third-order valence-electron chi connectivity index (χ3n) is 4.32. The molecule has 0 aliphatic heterocycles. The van der Waals surface area contributed by atoms with Gasteiger partial charge in [0.1, 0.15) is 12.9 Å². The van der Waals surface area contributed by atoms with Gasteiger partial charge in [0.05, 0.1) is 5.69 Å². The second-order valence-corrected chi connectivity index (χ2v) is 6.60. The zero-order valence-corrected chi connectivity index (χ0v) is 15.5. The lowest BCUT2D eigenvalue weighted by Crippen LogP contribution is -2.28. The first-order chi connectivity index (χ1) is 13.5. The molecule has 8 nitrogen and oxygen atoms in total. The molecule has 1 N–H and O–H groups in total. The molecule has 0 aliphatic carbocycles. The summed E-state index contributed by atoms with van der Waals surface area (Å²) in [5, 5.41) is 10.8. The third kappa shape index (κ3) is 3.39. The van der Waals surface area contributed by atoms with Crippen LogP contribution in [0.2, 0.25) is 0 Å². The minimum atomic E-state index is -0.414. The molecule has 0 unspecified atom stereocenters. The number of anilines is 1. The Hall–Kier alpha value is -3.81. The smallest absolute Gasteiger partial charge is 0.284 e. The number of carbonyl (C=O) groups excluding carboxylic acids is 1. The van der Waals surface area contributed by atoms with Gasteiger partial charge >= 0.3 is 0 Å². The summed E-state index contributed by atoms with van der Waals surface area (Å²) in [6, 6.07) is 15.1. The molecule has 2 aromatic carbocycles. The Morgan fingerprint density at radius 3 is 2.61 bits per heavy atom. The molecule has 4 rings (SSSR count). The molecular formula is C20H18N6O2. The predicted octanol–water partition coefficient (Wildman–Crippen LogP) is 2.23. The number of aryl methyl sites for hydroxylation is 2. The molecule has 4 aromatic rings. The zero-order valence-electron chi connectivity index (χ0n) is 15.5. The summed E-state index contributed by atoms with van der Waals surface area (Å²) in [5.41, 5.74) is 3.64. The number of nitrogens with zero attached hydrogens (tertiary/aromatic N) is 5. The maximum atomic E-state index is 12.7. The normalized spacial score (nSPS) is 10.9. The Morgan fingerprint density at radius 1 is 1.07 bits per heavy atom. The van der Waals surface area contributed by atoms with Gasteiger partial charge in [-0.3, -0.25) is 14.2 Å². The summed E-state index contributed by atoms with van der Waals surface area (Å²) in [7, 11) is 0. The van der Waals surface area contributed by atoms with Crippen LogP contribution in [0.15, 0.2) is 59.7 Å². The minimum absolute atomic E-state index is 0.117. The second-order valence-electron chi connectivity index (χ2n) is 6.60. The number of nitrogens with one attached hydrogen (secondary N) is 1. The molecule has 0 bridgehead atoms. The highest BCUT2D eigenvalue weighted by molar-refractivity contribution is 5.90. The van der Waals surface area contributed by atoms with Crippen molar-refractivity contribution in [2.45, 2.75) is 20.4 Å². The molecule has 2 heterocycles. The molecule has 0 fully saturated rings. The highest BCUT2D eigenvalue weighted by atomic mass is 16.2. The van der Waals surface area contributed by atoms with Gasteiger partial charge in [-0.1, -0.05) is 35.0 Å². The molecule has 8 heteroatoms. The first-order valence-corrected chi connectivity index (χ1v) is 8.76. The van der Waals surface area contributed by atoms with Crippen LogP contribution in [-0.4, -0.2) is 30.5 Å². The van der Waals surface area contributed by atoms with Gasteiger partial charge in [-0.05, 0) is 43.7 Å². The van der Waals surface area contributed by atoms with Crippen LogP contribution >= 0.6 is 0 Å². The molecule has 140 valence electrons. The van der Waals surface area contributed by atoms with Crippen LogP contribution in [0.1, 0.15) is 11.1 Å². The summed E-state index contributed by atoms with van der Waals surface area (Å²) in [6.45, 7) is 3.77. The zero-order chi connectivity index (χ0) is 19.7. The summed E-state index contributed by atoms with van der Waals surface area (Å²) >= 11 is 0. The van der Waals surface area contributed by atoms with Gasteiger partial charge < -0.3 is 5.32 Å². The van der Waals surface area contributed by atoms with E-state index >= 15 is 0 Å². The van der Waals surface area contributed by atoms with Crippen LogP contribution < -0.4 is 10.9 Å². The van der Waals surface area contributed by atoms with E-state index < -0.39 is 5.56 Å². The first kappa shape index (κ1) is 17.6. The highest BCUT2D eigenvalue weighted by Gasteiger charge is 2.15. The summed E-state index contributed by atoms with van der Waals surface area (Å²) < 4.78 is 2.73. The van der Waals surface area contributed by atoms with Gasteiger partial charge in [-0.2, -0.15) is 4.68 Å². The van der Waals surface area contributed by atoms with Gasteiger partial charge in [-0.25, -0.2) is 4.98 Å². The number of hydrogen-bond donors (Lipinski definition) is 1. The van der Waals surface area contributed by atoms with Crippen LogP contribution in [0.25, 0.3) is 16.9 Å². The lowest BCUT2D eigenvalue weighted by molar-refractivity contribution is -0.116. The SMILES string of the molecule is Cc1ccc(-n2nnc3c(=O)n(CC(=O)Nc4cccc(C)c4)cnc32)cc1. The first-order valence-electron chi connectivity index (χ1n) is 8.76. The molecular weight excluding hydrogens is 356 g/mol. The standard InChI is InChI=1S/C20H18N6O2/c1-13-6-8-16(9-7-13)26-19-18(23-24-26)20(28)25(12-21-19)11-17(27)22-15-5-3-4-14(2)10-15/h3-10,12H,11H2,1-2H3,(H,22,27). The fourth-order valence-electron chi connectivity index (χ4n) is 2.89. The van der Waals surface area contributed by atoms with E-state index in [9.17, 15) is 9.59 Å². The molecule has 0 saturated heterocycles. The van der Waals surface area contributed by atoms with Crippen LogP contribution in [-0.2, 0) is 11.3 Å². The van der Waals surface area contributed by atoms with E-state index in [1.54, 1.807) is 6.07 Å². The third-order valence-corrected chi connectivity index (χ3v) is 4.32. The van der Waals surface area contributed by atoms with Crippen LogP contribution in [0.3, 0.4) is 0 Å². The molecule has 2 aromatic heterocycles. The Labute approximate surface area is 160 Å². The topological polar surface area (TPSA) is 94.7 Å². The summed E-state index contributed by atoms with van der Waals surface area (Å²) in [5.74, 6) is -0.320. The Morgan fingerprint density at radius 2 is 1.86 bits per heavy atom. The van der Waals surface area contributed by atoms with Crippen molar-refractivity contribution in [2.75, 3.05) is 5.32 Å². The largest absolute Gasteiger partial charge is 0.325 e. The number of aromatic nitrogens is 5. The van der Waals surface area contributed by atoms with E-state index in [0.29, 0.717) is 11.3 Å². The fraction of sp³-hybridized carbons (Fsp3) is 0.150. The lowest BCUT2D eigenvalue weighted by Gasteiger charge is -2.08. The number of benzene rings is 2. The monoisotopic (exact) mass is 374 g/mol. The van der Waals surface area contributed by atoms with Crippen LogP contribution in [0, 0.1) is 13.8 Å². The average Bonchev–Trinajstić information content (AvgIpc) is 3.09. The van der Waals surface area contributed by atoms with Crippen molar-refractivity contribution in [2.24, 2.45) is 0 Å². The van der Waals surface area contributed by atoms with E-state index in [4.69, 9.17) is 0 Å². The van der Waals surface area contributed by atoms with Gasteiger partial charge in [0.25, 0.3) is 5.56 Å². The second kappa shape index (κ2) is 7.07. The molecule has 0 atom stereocenters. The van der Waals surface area contributed by atoms with Gasteiger partial charge in [-0.15, -0.1) is 5.10 Å². The minimum Gasteiger partial charge on any atom is -0.325 e. The Kier molecular flexibility index (Phi) is 4.44. The maximum absolute atomic E-state index is 12.7. The van der Waals surface area contributed by atoms with Crippen molar-refractivity contribution in [1.82, 2.24) is 24.5 Å². The van der Waals surface area contributed by atoms with Crippen molar-refractivity contribution in [1.29, 1.82) is 0 Å². The molecule has 0 spiro atoms. The van der Waals surface area contributed by atoms with Gasteiger partial charge in [0, 0.05) is 5.69 Å². The van der Waals surface area contributed by atoms with Crippen LogP contribution in [0.4, 0.5) is 5.69 Å². The van der Waals surface area contributed by atoms with Crippen molar-refractivity contribution in [3.63, 3.8) is 0 Å². The summed E-state index contributed by atoms with van der Waals surface area (Å²) in [4.78, 5) is 29.3. The number of hydrogen-bond acceptors (Lipinski definition) is 5. The predicted molar refractivity (Wildman–Crippen MR) is 105 cm³/mol. The summed E-state index contributed by atoms with van der Waals surface area (Å²) in [6.07, 6.45) is 1.34. The molecule has 0 saturated carbocycles. The van der Waals surface area contributed by atoms with E-state index in [1.807, 2.05) is 56.3 Å². The van der Waals surface area contributed by atoms with Crippen LogP contribution in [0.5, 0.6) is 0 Å². The van der Waals surface area contributed by atoms with E-state index in [0.717, 1.165) is 16.8 Å². The van der Waals surface area contributed by atoms with Gasteiger partial charge in [0.2, 0.25) is 5.91 Å². The Bertz CT molecular complexity index is 1220. The van der Waals surface area contributed by atoms with E-state index in [2.05, 4.69) is 20.6 Å². The Balaban J connectivity index is 1.61. The number of carbonyl (C=O) groups is 1. The number of fused-ring (bicyclic) bond motifs is 1. The molecule has 28 heavy (non-hydrogen) atoms. The van der Waals surface area contributed by atoms with E-state index in [-0.39, 0.29) is 18.0 Å². The fourth-order valence-corrected chi connectivity index (χ4v) is 2.89. The van der Waals surface area contributed by atoms with E-state index in [1.165, 1.54) is 15.6 Å². The van der Waals surface area contributed by atoms with Crippen molar-refractivity contribution in [3.05, 3.63) is 76.3 Å². The van der Waals surface area contributed by atoms with Gasteiger partial charge in [0.15, 0.2) is 11.2 Å². The van der Waals surface area contributed by atoms with Crippen molar-refractivity contribution in [3.8, 4) is 5.69 Å².